The summed E-state index contributed by atoms with van der Waals surface area (Å²) in [5, 5.41) is 0.702. The Morgan fingerprint density at radius 1 is 1.25 bits per heavy atom. The minimum Gasteiger partial charge on any atom is -0.397 e. The number of fused-ring (bicyclic) bond motifs is 1. The van der Waals surface area contributed by atoms with Crippen molar-refractivity contribution in [3.8, 4) is 11.4 Å². The van der Waals surface area contributed by atoms with Gasteiger partial charge in [-0.25, -0.2) is 4.98 Å². The second kappa shape index (κ2) is 4.80. The first-order valence-electron chi connectivity index (χ1n) is 6.45. The number of rotatable bonds is 2. The van der Waals surface area contributed by atoms with Crippen LogP contribution >= 0.6 is 11.6 Å². The number of pyridine rings is 1. The van der Waals surface area contributed by atoms with Crippen LogP contribution in [0.15, 0.2) is 36.7 Å². The third kappa shape index (κ3) is 2.02. The van der Waals surface area contributed by atoms with E-state index in [1.807, 2.05) is 24.3 Å². The lowest BCUT2D eigenvalue weighted by Gasteiger charge is -2.14. The van der Waals surface area contributed by atoms with Gasteiger partial charge in [0.2, 0.25) is 0 Å². The van der Waals surface area contributed by atoms with E-state index in [1.165, 1.54) is 0 Å². The lowest BCUT2D eigenvalue weighted by atomic mass is 10.2. The largest absolute Gasteiger partial charge is 0.397 e. The van der Waals surface area contributed by atoms with Crippen molar-refractivity contribution in [2.45, 2.75) is 19.9 Å². The highest BCUT2D eigenvalue weighted by atomic mass is 35.5. The van der Waals surface area contributed by atoms with Crippen LogP contribution in [0.1, 0.15) is 19.9 Å². The lowest BCUT2D eigenvalue weighted by molar-refractivity contribution is 0.624. The van der Waals surface area contributed by atoms with E-state index >= 15 is 0 Å². The second-order valence-corrected chi connectivity index (χ2v) is 5.43. The number of hydrogen-bond acceptors (Lipinski definition) is 3. The summed E-state index contributed by atoms with van der Waals surface area (Å²) in [5.41, 5.74) is 9.47. The average molecular weight is 287 g/mol. The molecule has 0 spiro atoms. The van der Waals surface area contributed by atoms with Crippen molar-refractivity contribution in [2.75, 3.05) is 5.73 Å². The molecule has 2 aromatic heterocycles. The summed E-state index contributed by atoms with van der Waals surface area (Å²) in [7, 11) is 0. The summed E-state index contributed by atoms with van der Waals surface area (Å²) >= 11 is 6.11. The average Bonchev–Trinajstić information content (AvgIpc) is 2.77. The lowest BCUT2D eigenvalue weighted by Crippen LogP contribution is -2.04. The molecule has 0 aliphatic carbocycles. The van der Waals surface area contributed by atoms with Gasteiger partial charge in [-0.1, -0.05) is 11.6 Å². The maximum atomic E-state index is 6.11. The molecule has 0 unspecified atom stereocenters. The van der Waals surface area contributed by atoms with Crippen molar-refractivity contribution >= 4 is 28.3 Å². The Morgan fingerprint density at radius 2 is 2.05 bits per heavy atom. The summed E-state index contributed by atoms with van der Waals surface area (Å²) in [4.78, 5) is 8.73. The number of aromatic nitrogens is 3. The first-order chi connectivity index (χ1) is 9.58. The quantitative estimate of drug-likeness (QED) is 0.777. The maximum Gasteiger partial charge on any atom is 0.143 e. The van der Waals surface area contributed by atoms with Gasteiger partial charge in [0.1, 0.15) is 5.82 Å². The Kier molecular flexibility index (Phi) is 3.10. The fraction of sp³-hybridized carbons (Fsp3) is 0.200. The molecule has 102 valence electrons. The molecule has 0 atom stereocenters. The van der Waals surface area contributed by atoms with Crippen molar-refractivity contribution < 1.29 is 0 Å². The molecule has 0 radical (unpaired) electrons. The smallest absolute Gasteiger partial charge is 0.143 e. The zero-order valence-electron chi connectivity index (χ0n) is 11.3. The van der Waals surface area contributed by atoms with Gasteiger partial charge in [0, 0.05) is 22.8 Å². The van der Waals surface area contributed by atoms with Crippen LogP contribution in [-0.2, 0) is 0 Å². The van der Waals surface area contributed by atoms with Gasteiger partial charge >= 0.3 is 0 Å². The van der Waals surface area contributed by atoms with Crippen LogP contribution < -0.4 is 5.73 Å². The minimum absolute atomic E-state index is 0.251. The molecule has 3 aromatic rings. The Balaban J connectivity index is 2.36. The van der Waals surface area contributed by atoms with Gasteiger partial charge in [-0.2, -0.15) is 0 Å². The van der Waals surface area contributed by atoms with Crippen LogP contribution in [0.2, 0.25) is 5.02 Å². The van der Waals surface area contributed by atoms with Gasteiger partial charge in [-0.05, 0) is 38.1 Å². The molecular weight excluding hydrogens is 272 g/mol. The Labute approximate surface area is 122 Å². The van der Waals surface area contributed by atoms with Gasteiger partial charge in [-0.15, -0.1) is 0 Å². The van der Waals surface area contributed by atoms with E-state index in [4.69, 9.17) is 22.3 Å². The molecule has 5 heteroatoms. The molecule has 2 N–H and O–H groups in total. The molecule has 2 heterocycles. The number of hydrogen-bond donors (Lipinski definition) is 1. The Bertz CT molecular complexity index is 777. The molecule has 3 rings (SSSR count). The van der Waals surface area contributed by atoms with E-state index in [9.17, 15) is 0 Å². The molecule has 4 nitrogen and oxygen atoms in total. The highest BCUT2D eigenvalue weighted by molar-refractivity contribution is 6.31. The standard InChI is InChI=1S/C15H15ClN4/c1-9(2)20-14-7-10(16)3-4-13(14)19-15(20)11-5-6-18-8-12(11)17/h3-9H,17H2,1-2H3. The van der Waals surface area contributed by atoms with E-state index in [-0.39, 0.29) is 6.04 Å². The predicted molar refractivity (Wildman–Crippen MR) is 82.8 cm³/mol. The monoisotopic (exact) mass is 286 g/mol. The van der Waals surface area contributed by atoms with Crippen LogP contribution in [0.5, 0.6) is 0 Å². The molecule has 1 aromatic carbocycles. The molecule has 0 aliphatic rings. The van der Waals surface area contributed by atoms with Crippen LogP contribution in [0.4, 0.5) is 5.69 Å². The molecule has 0 amide bonds. The van der Waals surface area contributed by atoms with Crippen LogP contribution in [0, 0.1) is 0 Å². The van der Waals surface area contributed by atoms with Gasteiger partial charge in [0.15, 0.2) is 0 Å². The van der Waals surface area contributed by atoms with Gasteiger partial charge < -0.3 is 10.3 Å². The zero-order chi connectivity index (χ0) is 14.3. The first kappa shape index (κ1) is 12.9. The maximum absolute atomic E-state index is 6.11. The molecule has 0 bridgehead atoms. The van der Waals surface area contributed by atoms with E-state index in [1.54, 1.807) is 12.4 Å². The molecule has 0 saturated carbocycles. The van der Waals surface area contributed by atoms with Crippen molar-refractivity contribution in [2.24, 2.45) is 0 Å². The summed E-state index contributed by atoms with van der Waals surface area (Å²) < 4.78 is 2.15. The molecular formula is C15H15ClN4. The summed E-state index contributed by atoms with van der Waals surface area (Å²) in [6.45, 7) is 4.23. The third-order valence-electron chi connectivity index (χ3n) is 3.26. The molecule has 20 heavy (non-hydrogen) atoms. The van der Waals surface area contributed by atoms with Crippen molar-refractivity contribution in [1.82, 2.24) is 14.5 Å². The van der Waals surface area contributed by atoms with Gasteiger partial charge in [0.05, 0.1) is 22.9 Å². The molecule has 0 aliphatic heterocycles. The summed E-state index contributed by atoms with van der Waals surface area (Å²) in [5.74, 6) is 0.845. The molecule has 0 saturated heterocycles. The number of halogens is 1. The van der Waals surface area contributed by atoms with Crippen molar-refractivity contribution in [3.63, 3.8) is 0 Å². The number of imidazole rings is 1. The summed E-state index contributed by atoms with van der Waals surface area (Å²) in [6.07, 6.45) is 3.37. The van der Waals surface area contributed by atoms with Crippen molar-refractivity contribution in [3.05, 3.63) is 41.7 Å². The first-order valence-corrected chi connectivity index (χ1v) is 6.83. The van der Waals surface area contributed by atoms with Crippen LogP contribution in [-0.4, -0.2) is 14.5 Å². The summed E-state index contributed by atoms with van der Waals surface area (Å²) in [6, 6.07) is 7.85. The van der Waals surface area contributed by atoms with Crippen LogP contribution in [0.25, 0.3) is 22.4 Å². The molecule has 0 fully saturated rings. The number of benzene rings is 1. The number of nitrogens with zero attached hydrogens (tertiary/aromatic N) is 3. The predicted octanol–water partition coefficient (Wildman–Crippen LogP) is 3.91. The third-order valence-corrected chi connectivity index (χ3v) is 3.50. The van der Waals surface area contributed by atoms with Crippen molar-refractivity contribution in [1.29, 1.82) is 0 Å². The van der Waals surface area contributed by atoms with E-state index in [0.717, 1.165) is 22.4 Å². The highest BCUT2D eigenvalue weighted by Gasteiger charge is 2.16. The topological polar surface area (TPSA) is 56.7 Å². The van der Waals surface area contributed by atoms with E-state index in [2.05, 4.69) is 23.4 Å². The Morgan fingerprint density at radius 3 is 2.75 bits per heavy atom. The Hall–Kier alpha value is -2.07. The zero-order valence-corrected chi connectivity index (χ0v) is 12.1. The minimum atomic E-state index is 0.251. The van der Waals surface area contributed by atoms with Gasteiger partial charge in [0.25, 0.3) is 0 Å². The number of nitrogens with two attached hydrogens (primary N) is 1. The SMILES string of the molecule is CC(C)n1c(-c2ccncc2N)nc2ccc(Cl)cc21. The second-order valence-electron chi connectivity index (χ2n) is 5.00. The fourth-order valence-corrected chi connectivity index (χ4v) is 2.56. The van der Waals surface area contributed by atoms with E-state index in [0.29, 0.717) is 10.7 Å². The van der Waals surface area contributed by atoms with E-state index < -0.39 is 0 Å². The fourth-order valence-electron chi connectivity index (χ4n) is 2.39. The van der Waals surface area contributed by atoms with Crippen LogP contribution in [0.3, 0.4) is 0 Å². The number of nitrogen functional groups attached to an aromatic ring is 1. The normalized spacial score (nSPS) is 11.4. The highest BCUT2D eigenvalue weighted by Crippen LogP contribution is 2.32. The number of anilines is 1. The van der Waals surface area contributed by atoms with Gasteiger partial charge in [-0.3, -0.25) is 4.98 Å².